The van der Waals surface area contributed by atoms with Crippen molar-refractivity contribution in [3.63, 3.8) is 0 Å². The zero-order valence-corrected chi connectivity index (χ0v) is 32.5. The van der Waals surface area contributed by atoms with Crippen molar-refractivity contribution in [2.45, 2.75) is 19.6 Å². The van der Waals surface area contributed by atoms with Crippen molar-refractivity contribution in [1.29, 1.82) is 0 Å². The third kappa shape index (κ3) is 6.55. The zero-order valence-electron chi connectivity index (χ0n) is 27.9. The first-order valence-electron chi connectivity index (χ1n) is 16.9. The van der Waals surface area contributed by atoms with E-state index in [1.54, 1.807) is 23.5 Å². The van der Waals surface area contributed by atoms with Crippen LogP contribution in [-0.2, 0) is 17.9 Å². The van der Waals surface area contributed by atoms with Gasteiger partial charge in [-0.15, -0.1) is 0 Å². The first-order valence-corrected chi connectivity index (χ1v) is 20.2. The summed E-state index contributed by atoms with van der Waals surface area (Å²) in [6.07, 6.45) is 16.4. The van der Waals surface area contributed by atoms with Crippen LogP contribution >= 0.6 is 23.5 Å². The van der Waals surface area contributed by atoms with Gasteiger partial charge in [-0.3, -0.25) is 0 Å². The molecule has 4 aromatic carbocycles. The standard InChI is InChI=1S/C43H30N6S2.Zn/c1-26-16-17-28(45-26)23-29-18-19-30(46-29)24-31-20-21-32(47-31)25-35(44)34(33-9-7-15-41-43(33)49-37-11-3-5-13-39(37)51-41)22-27-8-6-14-40-42(27)48-36-10-2-4-12-38(36)50-40;/h1-25,47-49H,44H2;. The molecular weight excluding hydrogens is 730 g/mol. The van der Waals surface area contributed by atoms with Crippen LogP contribution in [0.3, 0.4) is 0 Å². The largest absolute Gasteiger partial charge is 0.353 e. The van der Waals surface area contributed by atoms with Crippen molar-refractivity contribution >= 4 is 86.1 Å². The van der Waals surface area contributed by atoms with E-state index in [9.17, 15) is 0 Å². The van der Waals surface area contributed by atoms with Crippen molar-refractivity contribution < 1.29 is 17.9 Å². The van der Waals surface area contributed by atoms with Crippen LogP contribution in [0.15, 0.2) is 174 Å². The first-order chi connectivity index (χ1) is 25.6. The Bertz CT molecular complexity index is 2560. The van der Waals surface area contributed by atoms with Crippen molar-refractivity contribution in [2.75, 3.05) is 10.6 Å². The zero-order chi connectivity index (χ0) is 35.0. The fourth-order valence-corrected chi connectivity index (χ4v) is 8.98. The van der Waals surface area contributed by atoms with Crippen LogP contribution in [0, 0.1) is 0 Å². The van der Waals surface area contributed by atoms with Gasteiger partial charge in [-0.25, -0.2) is 0 Å². The smallest absolute Gasteiger partial charge is 0.0606 e. The van der Waals surface area contributed by atoms with E-state index >= 15 is 0 Å². The molecule has 9 heteroatoms. The van der Waals surface area contributed by atoms with Gasteiger partial charge in [0.1, 0.15) is 0 Å². The molecule has 0 radical (unpaired) electrons. The molecule has 5 aromatic rings. The molecule has 9 rings (SSSR count). The number of anilines is 4. The number of allylic oxidation sites excluding steroid dienone is 6. The van der Waals surface area contributed by atoms with E-state index in [2.05, 4.69) is 128 Å². The van der Waals surface area contributed by atoms with Crippen LogP contribution in [0.2, 0.25) is 0 Å². The molecule has 4 aliphatic heterocycles. The Morgan fingerprint density at radius 3 is 1.96 bits per heavy atom. The predicted octanol–water partition coefficient (Wildman–Crippen LogP) is 10.6. The van der Waals surface area contributed by atoms with Crippen LogP contribution in [0.4, 0.5) is 22.7 Å². The number of aromatic amines is 1. The second kappa shape index (κ2) is 13.9. The Morgan fingerprint density at radius 1 is 0.596 bits per heavy atom. The third-order valence-electron chi connectivity index (χ3n) is 8.94. The van der Waals surface area contributed by atoms with E-state index in [-0.39, 0.29) is 0 Å². The Kier molecular flexibility index (Phi) is 8.69. The summed E-state index contributed by atoms with van der Waals surface area (Å²) in [5.41, 5.74) is 20.6. The van der Waals surface area contributed by atoms with Gasteiger partial charge in [0.2, 0.25) is 0 Å². The van der Waals surface area contributed by atoms with Crippen molar-refractivity contribution in [3.05, 3.63) is 167 Å². The number of hydrogen-bond donors (Lipinski definition) is 4. The summed E-state index contributed by atoms with van der Waals surface area (Å²) in [5.74, 6) is 0. The molecule has 0 saturated heterocycles. The van der Waals surface area contributed by atoms with Crippen LogP contribution in [0.5, 0.6) is 0 Å². The molecule has 0 atom stereocenters. The summed E-state index contributed by atoms with van der Waals surface area (Å²) < 4.78 is 2.12. The van der Waals surface area contributed by atoms with Gasteiger partial charge in [-0.2, -0.15) is 0 Å². The molecule has 1 aromatic heterocycles. The summed E-state index contributed by atoms with van der Waals surface area (Å²) in [6.45, 7) is 0. The van der Waals surface area contributed by atoms with Crippen molar-refractivity contribution in [3.8, 4) is 0 Å². The normalized spacial score (nSPS) is 17.2. The van der Waals surface area contributed by atoms with Crippen LogP contribution in [0.1, 0.15) is 22.5 Å². The van der Waals surface area contributed by atoms with Crippen LogP contribution < -0.4 is 16.4 Å². The summed E-state index contributed by atoms with van der Waals surface area (Å²) in [7, 11) is 0. The minimum absolute atomic E-state index is 0.644. The molecule has 0 saturated carbocycles. The first kappa shape index (κ1) is 32.4. The monoisotopic (exact) mass is 758 g/mol. The topological polar surface area (TPSA) is 90.6 Å². The molecule has 246 valence electrons. The average Bonchev–Trinajstić information content (AvgIpc) is 3.94. The van der Waals surface area contributed by atoms with Crippen molar-refractivity contribution in [1.82, 2.24) is 4.98 Å². The summed E-state index contributed by atoms with van der Waals surface area (Å²) in [6, 6.07) is 33.8. The number of H-pyrrole nitrogens is 1. The number of benzene rings is 4. The molecule has 0 unspecified atom stereocenters. The predicted molar refractivity (Wildman–Crippen MR) is 217 cm³/mol. The number of rotatable bonds is 7. The molecule has 6 nitrogen and oxygen atoms in total. The number of fused-ring (bicyclic) bond motifs is 4. The number of nitrogens with two attached hydrogens (primary N) is 1. The van der Waals surface area contributed by atoms with E-state index in [4.69, 9.17) is 10.7 Å². The molecular formula is C43H30N6S2Zn. The van der Waals surface area contributed by atoms with E-state index in [1.807, 2.05) is 42.5 Å². The Labute approximate surface area is 320 Å². The molecule has 4 aliphatic rings. The van der Waals surface area contributed by atoms with Gasteiger partial charge in [0.25, 0.3) is 0 Å². The number of para-hydroxylation sites is 4. The molecule has 0 fully saturated rings. The van der Waals surface area contributed by atoms with E-state index in [0.29, 0.717) is 5.70 Å². The van der Waals surface area contributed by atoms with Crippen LogP contribution in [-0.4, -0.2) is 21.0 Å². The summed E-state index contributed by atoms with van der Waals surface area (Å²) in [4.78, 5) is 17.7. The molecule has 0 bridgehead atoms. The second-order valence-electron chi connectivity index (χ2n) is 12.5. The fraction of sp³-hybridized carbons (Fsp3) is 0. The number of nitrogens with one attached hydrogen (secondary N) is 3. The second-order valence-corrected chi connectivity index (χ2v) is 15.5. The number of nitrogens with zero attached hydrogens (tertiary/aromatic N) is 2. The van der Waals surface area contributed by atoms with Gasteiger partial charge in [-0.1, -0.05) is 72.1 Å². The number of hydrogen-bond acceptors (Lipinski definition) is 7. The summed E-state index contributed by atoms with van der Waals surface area (Å²) in [5, 5.41) is 7.44. The maximum absolute atomic E-state index is 7.14. The maximum Gasteiger partial charge on any atom is 0.0606 e. The fourth-order valence-electron chi connectivity index (χ4n) is 6.45. The number of aliphatic imine (C=N–C) groups is 2. The molecule has 5 N–H and O–H groups in total. The Balaban J connectivity index is 1.08. The molecule has 0 amide bonds. The molecule has 52 heavy (non-hydrogen) atoms. The maximum atomic E-state index is 7.14. The average molecular weight is 760 g/mol. The van der Waals surface area contributed by atoms with Gasteiger partial charge >= 0.3 is 120 Å². The minimum atomic E-state index is 0.644. The van der Waals surface area contributed by atoms with Gasteiger partial charge in [0.05, 0.1) is 22.7 Å². The van der Waals surface area contributed by atoms with Crippen molar-refractivity contribution in [2.24, 2.45) is 15.7 Å². The van der Waals surface area contributed by atoms with Gasteiger partial charge in [0, 0.05) is 36.4 Å². The molecule has 5 heterocycles. The summed E-state index contributed by atoms with van der Waals surface area (Å²) >= 11 is 4.64. The van der Waals surface area contributed by atoms with Gasteiger partial charge in [0.15, 0.2) is 0 Å². The van der Waals surface area contributed by atoms with Gasteiger partial charge < -0.3 is 16.4 Å². The quantitative estimate of drug-likeness (QED) is 0.0738. The molecule has 0 spiro atoms. The molecule has 0 aliphatic carbocycles. The van der Waals surface area contributed by atoms with E-state index in [1.165, 1.54) is 14.7 Å². The van der Waals surface area contributed by atoms with E-state index in [0.717, 1.165) is 96.4 Å². The van der Waals surface area contributed by atoms with Crippen LogP contribution in [0.25, 0.3) is 23.8 Å². The third-order valence-corrected chi connectivity index (χ3v) is 12.1. The Hall–Kier alpha value is -5.47. The minimum Gasteiger partial charge on any atom is -0.353 e. The SMILES string of the molecule is NC(=Cc1ccc(C=C2C=CC(C=C3C=CC([CH]=[Zn])=N3)=N2)[nH]1)C(=Cc1cccc2c1Nc1ccccc1S2)c1cccc2c1Nc1ccccc1S2. The number of aromatic nitrogens is 1. The van der Waals surface area contributed by atoms with Gasteiger partial charge in [-0.05, 0) is 54.1 Å². The Morgan fingerprint density at radius 2 is 1.21 bits per heavy atom. The van der Waals surface area contributed by atoms with E-state index < -0.39 is 0 Å².